The topological polar surface area (TPSA) is 16.4 Å². The first kappa shape index (κ1) is 16.5. The molecule has 0 saturated carbocycles. The molecule has 0 radical (unpaired) electrons. The van der Waals surface area contributed by atoms with Crippen molar-refractivity contribution < 1.29 is 68.7 Å². The first-order valence-electron chi connectivity index (χ1n) is 4.48. The number of hydrogen-bond donors (Lipinski definition) is 0. The molecule has 0 aliphatic rings. The molecule has 16 heavy (non-hydrogen) atoms. The van der Waals surface area contributed by atoms with Crippen LogP contribution in [-0.4, -0.2) is 25.5 Å². The molecule has 0 atom stereocenters. The van der Waals surface area contributed by atoms with Crippen molar-refractivity contribution in [2.75, 3.05) is 13.6 Å². The van der Waals surface area contributed by atoms with Gasteiger partial charge in [0.15, 0.2) is 0 Å². The largest absolute Gasteiger partial charge is 1.00 e. The summed E-state index contributed by atoms with van der Waals surface area (Å²) in [7, 11) is 1.59. The Bertz CT molecular complexity index is 326. The summed E-state index contributed by atoms with van der Waals surface area (Å²) in [6.45, 7) is -1.76. The number of rotatable bonds is 5. The maximum atomic E-state index is 12.2. The van der Waals surface area contributed by atoms with Crippen LogP contribution >= 0.6 is 0 Å². The van der Waals surface area contributed by atoms with Gasteiger partial charge in [-0.2, -0.15) is 0 Å². The van der Waals surface area contributed by atoms with E-state index in [-0.39, 0.29) is 57.9 Å². The summed E-state index contributed by atoms with van der Waals surface area (Å²) in [5, 5.41) is 0. The van der Waals surface area contributed by atoms with E-state index >= 15 is 0 Å². The SMILES string of the molecule is C=C(CN(C)Cc1ccco1)[B-](F)(F)F.[K+]. The van der Waals surface area contributed by atoms with Crippen molar-refractivity contribution in [3.05, 3.63) is 36.2 Å². The third-order valence-corrected chi connectivity index (χ3v) is 1.94. The van der Waals surface area contributed by atoms with Crippen molar-refractivity contribution in [1.29, 1.82) is 0 Å². The van der Waals surface area contributed by atoms with Crippen molar-refractivity contribution in [2.45, 2.75) is 6.54 Å². The smallest absolute Gasteiger partial charge is 0.468 e. The average molecular weight is 257 g/mol. The molecule has 0 fully saturated rings. The minimum Gasteiger partial charge on any atom is -0.468 e. The quantitative estimate of drug-likeness (QED) is 0.671. The standard InChI is InChI=1S/C9H12BF3NO.K/c1-8(10(11,12)13)6-14(2)7-9-4-3-5-15-9;/h3-5H,1,6-7H2,2H3;/q-1;+1. The Morgan fingerprint density at radius 3 is 2.56 bits per heavy atom. The van der Waals surface area contributed by atoms with Crippen molar-refractivity contribution in [1.82, 2.24) is 4.90 Å². The molecule has 0 aliphatic heterocycles. The third kappa shape index (κ3) is 5.70. The van der Waals surface area contributed by atoms with E-state index < -0.39 is 12.4 Å². The summed E-state index contributed by atoms with van der Waals surface area (Å²) in [4.78, 5) is 1.51. The molecule has 0 unspecified atom stereocenters. The summed E-state index contributed by atoms with van der Waals surface area (Å²) >= 11 is 0. The van der Waals surface area contributed by atoms with Gasteiger partial charge in [0.25, 0.3) is 0 Å². The van der Waals surface area contributed by atoms with Crippen LogP contribution in [0.2, 0.25) is 0 Å². The van der Waals surface area contributed by atoms with Crippen LogP contribution < -0.4 is 51.4 Å². The average Bonchev–Trinajstić information content (AvgIpc) is 2.54. The van der Waals surface area contributed by atoms with E-state index in [1.54, 1.807) is 19.2 Å². The van der Waals surface area contributed by atoms with E-state index in [2.05, 4.69) is 6.58 Å². The third-order valence-electron chi connectivity index (χ3n) is 1.94. The minimum absolute atomic E-state index is 0. The fourth-order valence-corrected chi connectivity index (χ4v) is 1.17. The van der Waals surface area contributed by atoms with Crippen LogP contribution in [0.25, 0.3) is 0 Å². The molecule has 1 aromatic rings. The molecule has 0 saturated heterocycles. The fraction of sp³-hybridized carbons (Fsp3) is 0.333. The van der Waals surface area contributed by atoms with E-state index in [1.807, 2.05) is 0 Å². The van der Waals surface area contributed by atoms with Crippen molar-refractivity contribution in [3.63, 3.8) is 0 Å². The second kappa shape index (κ2) is 7.03. The van der Waals surface area contributed by atoms with Gasteiger partial charge in [-0.1, -0.05) is 0 Å². The maximum Gasteiger partial charge on any atom is 1.00 e. The monoisotopic (exact) mass is 257 g/mol. The van der Waals surface area contributed by atoms with Gasteiger partial charge in [0, 0.05) is 0 Å². The van der Waals surface area contributed by atoms with Crippen LogP contribution in [-0.2, 0) is 6.54 Å². The second-order valence-corrected chi connectivity index (χ2v) is 3.48. The predicted molar refractivity (Wildman–Crippen MR) is 53.3 cm³/mol. The first-order valence-corrected chi connectivity index (χ1v) is 4.48. The summed E-state index contributed by atoms with van der Waals surface area (Å²) < 4.78 is 41.6. The summed E-state index contributed by atoms with van der Waals surface area (Å²) in [6, 6.07) is 3.42. The van der Waals surface area contributed by atoms with E-state index in [4.69, 9.17) is 4.42 Å². The van der Waals surface area contributed by atoms with Crippen LogP contribution in [0, 0.1) is 0 Å². The number of furan rings is 1. The fourth-order valence-electron chi connectivity index (χ4n) is 1.17. The Labute approximate surface area is 135 Å². The molecular weight excluding hydrogens is 245 g/mol. The van der Waals surface area contributed by atoms with Gasteiger partial charge >= 0.3 is 58.4 Å². The van der Waals surface area contributed by atoms with Crippen LogP contribution in [0.15, 0.2) is 34.9 Å². The van der Waals surface area contributed by atoms with Crippen molar-refractivity contribution in [3.8, 4) is 0 Å². The number of nitrogens with zero attached hydrogens (tertiary/aromatic N) is 1. The minimum atomic E-state index is -4.94. The van der Waals surface area contributed by atoms with Gasteiger partial charge in [-0.3, -0.25) is 4.90 Å². The van der Waals surface area contributed by atoms with Gasteiger partial charge in [-0.25, -0.2) is 0 Å². The van der Waals surface area contributed by atoms with E-state index in [9.17, 15) is 12.9 Å². The Balaban J connectivity index is 0.00000225. The van der Waals surface area contributed by atoms with E-state index in [0.717, 1.165) is 0 Å². The Kier molecular flexibility index (Phi) is 7.23. The molecule has 0 aliphatic carbocycles. The maximum absolute atomic E-state index is 12.2. The van der Waals surface area contributed by atoms with Crippen LogP contribution in [0.1, 0.15) is 5.76 Å². The zero-order chi connectivity index (χ0) is 11.5. The molecular formula is C9H12BF3KNO. The first-order chi connectivity index (χ1) is 6.89. The Hall–Kier alpha value is 0.471. The molecule has 1 aromatic heterocycles. The Morgan fingerprint density at radius 2 is 2.12 bits per heavy atom. The van der Waals surface area contributed by atoms with Crippen LogP contribution in [0.5, 0.6) is 0 Å². The molecule has 0 spiro atoms. The Morgan fingerprint density at radius 1 is 1.50 bits per heavy atom. The van der Waals surface area contributed by atoms with Gasteiger partial charge in [0.2, 0.25) is 0 Å². The molecule has 2 nitrogen and oxygen atoms in total. The summed E-state index contributed by atoms with van der Waals surface area (Å²) in [5.41, 5.74) is -0.691. The normalized spacial score (nSPS) is 11.3. The van der Waals surface area contributed by atoms with E-state index in [1.165, 1.54) is 11.2 Å². The van der Waals surface area contributed by atoms with Crippen LogP contribution in [0.4, 0.5) is 12.9 Å². The zero-order valence-electron chi connectivity index (χ0n) is 9.42. The molecule has 7 heteroatoms. The number of halogens is 3. The molecule has 0 aromatic carbocycles. The van der Waals surface area contributed by atoms with Crippen LogP contribution in [0.3, 0.4) is 0 Å². The molecule has 0 N–H and O–H groups in total. The van der Waals surface area contributed by atoms with E-state index in [0.29, 0.717) is 12.3 Å². The summed E-state index contributed by atoms with van der Waals surface area (Å²) in [6.07, 6.45) is 1.49. The van der Waals surface area contributed by atoms with Gasteiger partial charge < -0.3 is 17.4 Å². The van der Waals surface area contributed by atoms with Crippen molar-refractivity contribution >= 4 is 6.98 Å². The zero-order valence-corrected chi connectivity index (χ0v) is 12.5. The molecule has 84 valence electrons. The van der Waals surface area contributed by atoms with Gasteiger partial charge in [0.05, 0.1) is 12.8 Å². The summed E-state index contributed by atoms with van der Waals surface area (Å²) in [5.74, 6) is 0.639. The number of likely N-dealkylation sites (N-methyl/N-ethyl adjacent to an activating group) is 1. The molecule has 1 heterocycles. The molecule has 0 bridgehead atoms. The predicted octanol–water partition coefficient (Wildman–Crippen LogP) is -0.342. The molecule has 0 amide bonds. The second-order valence-electron chi connectivity index (χ2n) is 3.48. The van der Waals surface area contributed by atoms with Gasteiger partial charge in [0.1, 0.15) is 5.76 Å². The molecule has 1 rings (SSSR count). The van der Waals surface area contributed by atoms with Gasteiger partial charge in [-0.15, -0.1) is 12.1 Å². The van der Waals surface area contributed by atoms with Gasteiger partial charge in [-0.05, 0) is 25.7 Å². The van der Waals surface area contributed by atoms with Crippen molar-refractivity contribution in [2.24, 2.45) is 0 Å². The number of hydrogen-bond acceptors (Lipinski definition) is 2.